The summed E-state index contributed by atoms with van der Waals surface area (Å²) >= 11 is 11.4. The zero-order valence-electron chi connectivity index (χ0n) is 17.6. The van der Waals surface area contributed by atoms with Crippen molar-refractivity contribution in [2.24, 2.45) is 5.92 Å². The molecular weight excluding hydrogens is 435 g/mol. The first kappa shape index (κ1) is 24.6. The van der Waals surface area contributed by atoms with Crippen molar-refractivity contribution in [3.63, 3.8) is 0 Å². The van der Waals surface area contributed by atoms with Crippen molar-refractivity contribution in [2.45, 2.75) is 39.5 Å². The Bertz CT molecular complexity index is 969. The number of hydrogen-bond donors (Lipinski definition) is 2. The molecule has 0 atom stereocenters. The quantitative estimate of drug-likeness (QED) is 0.432. The van der Waals surface area contributed by atoms with Gasteiger partial charge in [-0.15, -0.1) is 0 Å². The highest BCUT2D eigenvalue weighted by Gasteiger charge is 2.27. The number of anilines is 2. The molecule has 0 amide bonds. The van der Waals surface area contributed by atoms with Crippen LogP contribution in [0.2, 0.25) is 10.0 Å². The van der Waals surface area contributed by atoms with Crippen LogP contribution in [-0.2, 0) is 14.4 Å². The van der Waals surface area contributed by atoms with E-state index >= 15 is 0 Å². The van der Waals surface area contributed by atoms with Gasteiger partial charge in [-0.25, -0.2) is 0 Å². The first-order valence-corrected chi connectivity index (χ1v) is 10.7. The molecule has 2 aromatic carbocycles. The lowest BCUT2D eigenvalue weighted by atomic mass is 10.1. The average Bonchev–Trinajstić information content (AvgIpc) is 3.19. The highest BCUT2D eigenvalue weighted by Crippen LogP contribution is 2.25. The molecule has 7 heteroatoms. The summed E-state index contributed by atoms with van der Waals surface area (Å²) in [4.78, 5) is 32.4. The fourth-order valence-corrected chi connectivity index (χ4v) is 3.43. The third-order valence-corrected chi connectivity index (χ3v) is 5.50. The summed E-state index contributed by atoms with van der Waals surface area (Å²) in [5.41, 5.74) is 8.88. The van der Waals surface area contributed by atoms with Gasteiger partial charge in [0.2, 0.25) is 0 Å². The Labute approximate surface area is 192 Å². The highest BCUT2D eigenvalue weighted by atomic mass is 35.5. The van der Waals surface area contributed by atoms with Crippen LogP contribution in [0.5, 0.6) is 0 Å². The minimum atomic E-state index is -0.296. The third kappa shape index (κ3) is 7.85. The lowest BCUT2D eigenvalue weighted by Crippen LogP contribution is -2.08. The fourth-order valence-electron chi connectivity index (χ4n) is 3.04. The summed E-state index contributed by atoms with van der Waals surface area (Å²) in [5, 5.41) is 4.62. The predicted molar refractivity (Wildman–Crippen MR) is 126 cm³/mol. The number of rotatable bonds is 2. The van der Waals surface area contributed by atoms with Crippen LogP contribution in [0.4, 0.5) is 11.4 Å². The van der Waals surface area contributed by atoms with E-state index in [2.05, 4.69) is 5.32 Å². The molecule has 0 aliphatic heterocycles. The smallest absolute Gasteiger partial charge is 0.160 e. The van der Waals surface area contributed by atoms with Gasteiger partial charge in [0.15, 0.2) is 5.78 Å². The van der Waals surface area contributed by atoms with Crippen molar-refractivity contribution in [3.05, 3.63) is 69.8 Å². The molecule has 0 spiro atoms. The molecule has 0 unspecified atom stereocenters. The first-order chi connectivity index (χ1) is 14.7. The fraction of sp³-hybridized carbons (Fsp3) is 0.292. The zero-order valence-corrected chi connectivity index (χ0v) is 19.1. The van der Waals surface area contributed by atoms with E-state index in [0.717, 1.165) is 23.4 Å². The summed E-state index contributed by atoms with van der Waals surface area (Å²) in [6, 6.07) is 14.6. The van der Waals surface area contributed by atoms with Gasteiger partial charge in [-0.1, -0.05) is 35.3 Å². The maximum atomic E-state index is 11.3. The molecule has 2 aliphatic rings. The Kier molecular flexibility index (Phi) is 9.28. The van der Waals surface area contributed by atoms with E-state index in [0.29, 0.717) is 35.0 Å². The maximum absolute atomic E-state index is 11.3. The number of nitrogen functional groups attached to an aromatic ring is 1. The molecule has 164 valence electrons. The third-order valence-electron chi connectivity index (χ3n) is 5.03. The lowest BCUT2D eigenvalue weighted by Gasteiger charge is -2.07. The largest absolute Gasteiger partial charge is 0.399 e. The monoisotopic (exact) mass is 460 g/mol. The van der Waals surface area contributed by atoms with Crippen LogP contribution in [0.3, 0.4) is 0 Å². The Morgan fingerprint density at radius 2 is 1.45 bits per heavy atom. The van der Waals surface area contributed by atoms with Gasteiger partial charge in [0, 0.05) is 52.0 Å². The molecule has 0 radical (unpaired) electrons. The summed E-state index contributed by atoms with van der Waals surface area (Å²) in [5.74, 6) is 0.152. The van der Waals surface area contributed by atoms with E-state index in [1.54, 1.807) is 25.1 Å². The van der Waals surface area contributed by atoms with Crippen LogP contribution in [-0.4, -0.2) is 17.3 Å². The number of halogens is 2. The Morgan fingerprint density at radius 1 is 0.871 bits per heavy atom. The van der Waals surface area contributed by atoms with Crippen molar-refractivity contribution in [1.82, 2.24) is 0 Å². The number of nitrogens with one attached hydrogen (secondary N) is 1. The molecule has 0 heterocycles. The van der Waals surface area contributed by atoms with Crippen molar-refractivity contribution < 1.29 is 14.4 Å². The zero-order chi connectivity index (χ0) is 23.0. The number of ketones is 3. The Morgan fingerprint density at radius 3 is 1.84 bits per heavy atom. The second-order valence-corrected chi connectivity index (χ2v) is 8.24. The van der Waals surface area contributed by atoms with E-state index < -0.39 is 0 Å². The van der Waals surface area contributed by atoms with E-state index in [-0.39, 0.29) is 23.3 Å². The molecule has 1 fully saturated rings. The summed E-state index contributed by atoms with van der Waals surface area (Å²) < 4.78 is 0. The van der Waals surface area contributed by atoms with Gasteiger partial charge in [0.25, 0.3) is 0 Å². The molecule has 4 rings (SSSR count). The second-order valence-electron chi connectivity index (χ2n) is 7.37. The number of nitrogens with two attached hydrogens (primary N) is 1. The van der Waals surface area contributed by atoms with E-state index in [1.807, 2.05) is 37.3 Å². The average molecular weight is 461 g/mol. The number of Topliss-reactive ketones (excluding diaryl/α,β-unsaturated/α-hetero) is 3. The van der Waals surface area contributed by atoms with Gasteiger partial charge in [-0.05, 0) is 56.7 Å². The minimum absolute atomic E-state index is 0.106. The normalized spacial score (nSPS) is 15.9. The van der Waals surface area contributed by atoms with E-state index in [9.17, 15) is 14.4 Å². The van der Waals surface area contributed by atoms with E-state index in [4.69, 9.17) is 28.9 Å². The maximum Gasteiger partial charge on any atom is 0.160 e. The molecule has 31 heavy (non-hydrogen) atoms. The van der Waals surface area contributed by atoms with Crippen LogP contribution in [0.15, 0.2) is 59.8 Å². The van der Waals surface area contributed by atoms with Crippen molar-refractivity contribution in [3.8, 4) is 0 Å². The molecule has 2 aromatic rings. The van der Waals surface area contributed by atoms with Gasteiger partial charge >= 0.3 is 0 Å². The molecule has 3 N–H and O–H groups in total. The van der Waals surface area contributed by atoms with Gasteiger partial charge in [-0.2, -0.15) is 0 Å². The lowest BCUT2D eigenvalue weighted by molar-refractivity contribution is -0.126. The van der Waals surface area contributed by atoms with Gasteiger partial charge in [-0.3, -0.25) is 14.4 Å². The number of benzene rings is 2. The topological polar surface area (TPSA) is 89.3 Å². The van der Waals surface area contributed by atoms with Crippen LogP contribution in [0, 0.1) is 5.92 Å². The Hall–Kier alpha value is -2.63. The number of hydrogen-bond acceptors (Lipinski definition) is 5. The SMILES string of the molecule is CC1=C(Nc2cccc(Cl)c2)CCC1=O.CC1C(=O)CCC1=O.Nc1cccc(Cl)c1. The van der Waals surface area contributed by atoms with Crippen LogP contribution < -0.4 is 11.1 Å². The predicted octanol–water partition coefficient (Wildman–Crippen LogP) is 5.87. The minimum Gasteiger partial charge on any atom is -0.399 e. The molecule has 5 nitrogen and oxygen atoms in total. The molecule has 0 saturated heterocycles. The standard InChI is InChI=1S/C12H12ClNO.C6H6ClN.C6H8O2/c1-8-11(5-6-12(8)15)14-10-4-2-3-9(13)7-10;7-5-2-1-3-6(8)4-5;1-4-5(7)2-3-6(4)8/h2-4,7,14H,5-6H2,1H3;1-4H,8H2;4H,2-3H2,1H3. The summed E-state index contributed by atoms with van der Waals surface area (Å²) in [6.07, 6.45) is 2.37. The molecule has 1 saturated carbocycles. The van der Waals surface area contributed by atoms with Crippen molar-refractivity contribution in [2.75, 3.05) is 11.1 Å². The van der Waals surface area contributed by atoms with Crippen molar-refractivity contribution in [1.29, 1.82) is 0 Å². The molecule has 2 aliphatic carbocycles. The number of carbonyl (C=O) groups is 3. The highest BCUT2D eigenvalue weighted by molar-refractivity contribution is 6.31. The van der Waals surface area contributed by atoms with Gasteiger partial charge in [0.1, 0.15) is 11.6 Å². The van der Waals surface area contributed by atoms with E-state index in [1.165, 1.54) is 0 Å². The number of carbonyl (C=O) groups excluding carboxylic acids is 3. The number of allylic oxidation sites excluding steroid dienone is 2. The van der Waals surface area contributed by atoms with Crippen molar-refractivity contribution >= 4 is 51.9 Å². The van der Waals surface area contributed by atoms with Crippen LogP contribution in [0.1, 0.15) is 39.5 Å². The summed E-state index contributed by atoms with van der Waals surface area (Å²) in [6.45, 7) is 3.54. The van der Waals surface area contributed by atoms with Crippen LogP contribution >= 0.6 is 23.2 Å². The first-order valence-electron chi connectivity index (χ1n) is 9.99. The Balaban J connectivity index is 0.000000181. The molecular formula is C24H26Cl2N2O3. The van der Waals surface area contributed by atoms with Gasteiger partial charge < -0.3 is 11.1 Å². The summed E-state index contributed by atoms with van der Waals surface area (Å²) in [7, 11) is 0. The van der Waals surface area contributed by atoms with Gasteiger partial charge in [0.05, 0.1) is 5.92 Å². The molecule has 0 bridgehead atoms. The van der Waals surface area contributed by atoms with Crippen LogP contribution in [0.25, 0.3) is 0 Å². The molecule has 0 aromatic heterocycles. The second kappa shape index (κ2) is 11.7.